The molecule has 10 rings (SSSR count). The summed E-state index contributed by atoms with van der Waals surface area (Å²) in [6.07, 6.45) is 13.2. The highest BCUT2D eigenvalue weighted by Crippen LogP contribution is 2.41. The molecule has 59 heavy (non-hydrogen) atoms. The Kier molecular flexibility index (Phi) is 10.2. The minimum absolute atomic E-state index is 0.0295. The lowest BCUT2D eigenvalue weighted by Gasteiger charge is -2.40. The SMILES string of the molecule is CC1(Oc2cc3c(cn2)NNC3C2=CC(N3CCN(CC4CCC(OC5CCN(c6ccc7c(c6F)CN(C6CCC(=O)NC6=O)C7=O)CC5)CC4)CC3)=NCN2)CC1. The first-order chi connectivity index (χ1) is 28.7. The van der Waals surface area contributed by atoms with Crippen molar-refractivity contribution in [3.05, 3.63) is 58.7 Å². The molecule has 8 aliphatic rings. The van der Waals surface area contributed by atoms with Gasteiger partial charge < -0.3 is 34.9 Å². The zero-order valence-electron chi connectivity index (χ0n) is 33.8. The summed E-state index contributed by atoms with van der Waals surface area (Å²) >= 11 is 0. The minimum atomic E-state index is -0.760. The number of aromatic nitrogens is 1. The molecule has 0 radical (unpaired) electrons. The molecule has 2 atom stereocenters. The number of amidine groups is 1. The Hall–Kier alpha value is -4.80. The summed E-state index contributed by atoms with van der Waals surface area (Å²) in [7, 11) is 0. The van der Waals surface area contributed by atoms with E-state index < -0.39 is 17.8 Å². The molecule has 5 fully saturated rings. The van der Waals surface area contributed by atoms with Crippen molar-refractivity contribution in [2.75, 3.05) is 62.8 Å². The molecule has 2 aliphatic carbocycles. The number of carbonyl (C=O) groups excluding carboxylic acids is 3. The van der Waals surface area contributed by atoms with Crippen LogP contribution < -0.4 is 31.1 Å². The van der Waals surface area contributed by atoms with Crippen LogP contribution in [0.2, 0.25) is 0 Å². The number of halogens is 1. The maximum atomic E-state index is 15.9. The van der Waals surface area contributed by atoms with E-state index in [9.17, 15) is 14.4 Å². The number of aliphatic imine (C=N–C) groups is 1. The van der Waals surface area contributed by atoms with Gasteiger partial charge >= 0.3 is 0 Å². The Morgan fingerprint density at radius 1 is 0.932 bits per heavy atom. The highest BCUT2D eigenvalue weighted by atomic mass is 19.1. The second kappa shape index (κ2) is 15.7. The van der Waals surface area contributed by atoms with E-state index in [2.05, 4.69) is 60.2 Å². The van der Waals surface area contributed by atoms with Crippen molar-refractivity contribution in [1.29, 1.82) is 0 Å². The predicted molar refractivity (Wildman–Crippen MR) is 218 cm³/mol. The monoisotopic (exact) mass is 810 g/mol. The molecule has 3 saturated heterocycles. The van der Waals surface area contributed by atoms with Crippen LogP contribution in [-0.2, 0) is 20.9 Å². The topological polar surface area (TPSA) is 156 Å². The maximum Gasteiger partial charge on any atom is 0.255 e. The number of hydrogen-bond acceptors (Lipinski definition) is 13. The van der Waals surface area contributed by atoms with Gasteiger partial charge in [0.05, 0.1) is 42.4 Å². The molecule has 0 spiro atoms. The molecular formula is C43H55FN10O5. The van der Waals surface area contributed by atoms with E-state index >= 15 is 4.39 Å². The zero-order valence-corrected chi connectivity index (χ0v) is 33.8. The number of imide groups is 1. The van der Waals surface area contributed by atoms with Crippen LogP contribution in [0, 0.1) is 11.7 Å². The van der Waals surface area contributed by atoms with Crippen LogP contribution in [0.1, 0.15) is 98.7 Å². The largest absolute Gasteiger partial charge is 0.471 e. The third-order valence-electron chi connectivity index (χ3n) is 13.8. The van der Waals surface area contributed by atoms with Gasteiger partial charge in [0, 0.05) is 86.8 Å². The van der Waals surface area contributed by atoms with Crippen LogP contribution in [0.4, 0.5) is 15.8 Å². The van der Waals surface area contributed by atoms with E-state index in [0.717, 1.165) is 94.0 Å². The Balaban J connectivity index is 0.655. The smallest absolute Gasteiger partial charge is 0.255 e. The number of carbonyl (C=O) groups is 3. The fourth-order valence-corrected chi connectivity index (χ4v) is 9.99. The number of benzene rings is 1. The quantitative estimate of drug-likeness (QED) is 0.274. The second-order valence-corrected chi connectivity index (χ2v) is 17.9. The normalized spacial score (nSPS) is 28.3. The number of hydrazine groups is 1. The lowest BCUT2D eigenvalue weighted by atomic mass is 9.86. The molecule has 2 saturated carbocycles. The van der Waals surface area contributed by atoms with Crippen molar-refractivity contribution in [2.24, 2.45) is 10.9 Å². The summed E-state index contributed by atoms with van der Waals surface area (Å²) < 4.78 is 28.7. The van der Waals surface area contributed by atoms with E-state index in [1.165, 1.54) is 17.7 Å². The highest BCUT2D eigenvalue weighted by Gasteiger charge is 2.42. The number of piperazine rings is 1. The van der Waals surface area contributed by atoms with Crippen LogP contribution in [0.3, 0.4) is 0 Å². The number of fused-ring (bicyclic) bond motifs is 2. The molecule has 3 amide bonds. The van der Waals surface area contributed by atoms with Gasteiger partial charge in [-0.25, -0.2) is 19.8 Å². The summed E-state index contributed by atoms with van der Waals surface area (Å²) in [4.78, 5) is 55.1. The standard InChI is InChI=1S/C43H55FN10O5/c1-43(12-13-43)59-38-20-30-33(22-45-38)49-50-40(30)32-21-36(47-25-46-32)53-18-16-51(17-19-53)23-26-2-4-27(5-3-26)58-28-10-14-52(15-11-28)34-7-6-29-31(39(34)44)24-54(42(29)57)35-8-9-37(55)48-41(35)56/h6-7,20-22,26-28,35,40,46,49-50H,2-5,8-19,23-25H2,1H3,(H,48,55,56). The van der Waals surface area contributed by atoms with E-state index in [1.54, 1.807) is 12.1 Å². The van der Waals surface area contributed by atoms with Gasteiger partial charge in [0.2, 0.25) is 17.7 Å². The van der Waals surface area contributed by atoms with Gasteiger partial charge in [0.25, 0.3) is 5.91 Å². The first kappa shape index (κ1) is 38.4. The summed E-state index contributed by atoms with van der Waals surface area (Å²) in [5.74, 6) is 0.815. The van der Waals surface area contributed by atoms with Gasteiger partial charge in [0.1, 0.15) is 24.1 Å². The molecule has 314 valence electrons. The average molecular weight is 811 g/mol. The van der Waals surface area contributed by atoms with Crippen LogP contribution in [0.25, 0.3) is 0 Å². The van der Waals surface area contributed by atoms with E-state index in [4.69, 9.17) is 14.5 Å². The fraction of sp³-hybridized carbons (Fsp3) is 0.605. The van der Waals surface area contributed by atoms with Crippen LogP contribution in [0.5, 0.6) is 5.88 Å². The lowest BCUT2D eigenvalue weighted by Crippen LogP contribution is -2.52. The van der Waals surface area contributed by atoms with Crippen molar-refractivity contribution in [3.8, 4) is 5.88 Å². The van der Waals surface area contributed by atoms with E-state index in [-0.39, 0.29) is 55.1 Å². The van der Waals surface area contributed by atoms with E-state index in [1.807, 2.05) is 6.20 Å². The van der Waals surface area contributed by atoms with Crippen molar-refractivity contribution < 1.29 is 28.2 Å². The number of amides is 3. The number of pyridine rings is 1. The average Bonchev–Trinajstić information content (AvgIpc) is 3.66. The molecule has 7 heterocycles. The number of piperidine rings is 2. The molecule has 4 N–H and O–H groups in total. The molecule has 15 nitrogen and oxygen atoms in total. The molecule has 1 aromatic heterocycles. The number of hydrogen-bond donors (Lipinski definition) is 4. The Labute approximate surface area is 344 Å². The summed E-state index contributed by atoms with van der Waals surface area (Å²) in [6, 6.07) is 4.65. The molecule has 2 unspecified atom stereocenters. The van der Waals surface area contributed by atoms with Crippen LogP contribution in [0.15, 0.2) is 41.2 Å². The molecule has 6 aliphatic heterocycles. The Morgan fingerprint density at radius 2 is 1.71 bits per heavy atom. The van der Waals surface area contributed by atoms with Crippen LogP contribution in [-0.4, -0.2) is 120 Å². The van der Waals surface area contributed by atoms with Crippen molar-refractivity contribution >= 4 is 34.9 Å². The summed E-state index contributed by atoms with van der Waals surface area (Å²) in [5.41, 5.74) is 11.0. The number of nitrogens with zero attached hydrogens (tertiary/aromatic N) is 6. The van der Waals surface area contributed by atoms with Gasteiger partial charge in [-0.2, -0.15) is 0 Å². The Morgan fingerprint density at radius 3 is 2.47 bits per heavy atom. The molecule has 1 aromatic carbocycles. The van der Waals surface area contributed by atoms with Crippen molar-refractivity contribution in [2.45, 2.75) is 108 Å². The maximum absolute atomic E-state index is 15.9. The molecule has 2 aromatic rings. The third-order valence-corrected chi connectivity index (χ3v) is 13.8. The molecule has 16 heteroatoms. The zero-order chi connectivity index (χ0) is 40.3. The van der Waals surface area contributed by atoms with Crippen molar-refractivity contribution in [1.82, 2.24) is 35.7 Å². The highest BCUT2D eigenvalue weighted by molar-refractivity contribution is 6.05. The van der Waals surface area contributed by atoms with Crippen LogP contribution >= 0.6 is 0 Å². The fourth-order valence-electron chi connectivity index (χ4n) is 9.99. The first-order valence-corrected chi connectivity index (χ1v) is 21.7. The van der Waals surface area contributed by atoms with Gasteiger partial charge in [-0.3, -0.25) is 24.6 Å². The number of ether oxygens (including phenoxy) is 2. The van der Waals surface area contributed by atoms with E-state index in [0.29, 0.717) is 48.4 Å². The van der Waals surface area contributed by atoms with Gasteiger partial charge in [-0.15, -0.1) is 0 Å². The number of rotatable bonds is 9. The third kappa shape index (κ3) is 7.86. The minimum Gasteiger partial charge on any atom is -0.471 e. The van der Waals surface area contributed by atoms with Crippen molar-refractivity contribution in [3.63, 3.8) is 0 Å². The number of nitrogens with one attached hydrogen (secondary N) is 4. The Bertz CT molecular complexity index is 2050. The lowest BCUT2D eigenvalue weighted by molar-refractivity contribution is -0.136. The molecule has 0 bridgehead atoms. The molecular weight excluding hydrogens is 756 g/mol. The van der Waals surface area contributed by atoms with Gasteiger partial charge in [-0.1, -0.05) is 0 Å². The number of anilines is 2. The first-order valence-electron chi connectivity index (χ1n) is 21.7. The summed E-state index contributed by atoms with van der Waals surface area (Å²) in [6.45, 7) is 9.19. The predicted octanol–water partition coefficient (Wildman–Crippen LogP) is 3.59. The van der Waals surface area contributed by atoms with Gasteiger partial charge in [0.15, 0.2) is 5.82 Å². The second-order valence-electron chi connectivity index (χ2n) is 17.9. The van der Waals surface area contributed by atoms with Gasteiger partial charge in [-0.05, 0) is 82.8 Å². The summed E-state index contributed by atoms with van der Waals surface area (Å²) in [5, 5.41) is 5.80.